The van der Waals surface area contributed by atoms with Crippen LogP contribution < -0.4 is 5.32 Å². The summed E-state index contributed by atoms with van der Waals surface area (Å²) in [6, 6.07) is 0.172. The van der Waals surface area contributed by atoms with Gasteiger partial charge in [0.15, 0.2) is 0 Å². The van der Waals surface area contributed by atoms with Crippen LogP contribution in [0.3, 0.4) is 0 Å². The summed E-state index contributed by atoms with van der Waals surface area (Å²) in [5.41, 5.74) is 0. The Morgan fingerprint density at radius 1 is 1.29 bits per heavy atom. The second-order valence-electron chi connectivity index (χ2n) is 4.91. The predicted octanol–water partition coefficient (Wildman–Crippen LogP) is 2.79. The van der Waals surface area contributed by atoms with Crippen molar-refractivity contribution in [2.75, 3.05) is 19.6 Å². The summed E-state index contributed by atoms with van der Waals surface area (Å²) in [6.07, 6.45) is -0.394. The molecule has 1 N–H and O–H groups in total. The van der Waals surface area contributed by atoms with E-state index in [0.29, 0.717) is 0 Å². The van der Waals surface area contributed by atoms with Gasteiger partial charge in [0.1, 0.15) is 0 Å². The molecule has 1 rings (SSSR count). The Kier molecular flexibility index (Phi) is 5.73. The van der Waals surface area contributed by atoms with Gasteiger partial charge in [0.25, 0.3) is 0 Å². The molecule has 0 saturated heterocycles. The molecule has 17 heavy (non-hydrogen) atoms. The van der Waals surface area contributed by atoms with Crippen molar-refractivity contribution in [2.24, 2.45) is 0 Å². The third-order valence-corrected chi connectivity index (χ3v) is 3.11. The first kappa shape index (κ1) is 14.8. The molecular weight excluding hydrogens is 229 g/mol. The van der Waals surface area contributed by atoms with Gasteiger partial charge in [-0.05, 0) is 45.7 Å². The van der Waals surface area contributed by atoms with E-state index in [9.17, 15) is 13.2 Å². The monoisotopic (exact) mass is 252 g/mol. The second-order valence-corrected chi connectivity index (χ2v) is 4.91. The Hall–Kier alpha value is -0.290. The number of rotatable bonds is 8. The lowest BCUT2D eigenvalue weighted by atomic mass is 10.2. The normalized spacial score (nSPS) is 18.7. The number of hydrogen-bond acceptors (Lipinski definition) is 2. The summed E-state index contributed by atoms with van der Waals surface area (Å²) in [5.74, 6) is 0. The fourth-order valence-electron chi connectivity index (χ4n) is 2.04. The molecule has 5 heteroatoms. The minimum absolute atomic E-state index is 0.00785. The van der Waals surface area contributed by atoms with Crippen LogP contribution in [0.4, 0.5) is 13.2 Å². The topological polar surface area (TPSA) is 15.3 Å². The van der Waals surface area contributed by atoms with Crippen LogP contribution in [0.25, 0.3) is 0 Å². The van der Waals surface area contributed by atoms with Crippen LogP contribution in [0.1, 0.15) is 39.5 Å². The molecule has 0 heterocycles. The first-order chi connectivity index (χ1) is 7.94. The van der Waals surface area contributed by atoms with Gasteiger partial charge in [-0.25, -0.2) is 0 Å². The third kappa shape index (κ3) is 6.27. The molecule has 2 nitrogen and oxygen atoms in total. The molecule has 1 aliphatic carbocycles. The van der Waals surface area contributed by atoms with Crippen molar-refractivity contribution >= 4 is 0 Å². The van der Waals surface area contributed by atoms with Gasteiger partial charge < -0.3 is 5.32 Å². The Morgan fingerprint density at radius 2 is 1.94 bits per heavy atom. The highest BCUT2D eigenvalue weighted by molar-refractivity contribution is 4.88. The van der Waals surface area contributed by atoms with Crippen LogP contribution in [-0.2, 0) is 0 Å². The number of halogens is 3. The standard InChI is InChI=1S/C12H23F3N2/c1-3-7-16-8-6-10(2)17(11-4-5-11)9-12(13,14)15/h10-11,16H,3-9H2,1-2H3. The van der Waals surface area contributed by atoms with Gasteiger partial charge in [-0.15, -0.1) is 0 Å². The zero-order valence-corrected chi connectivity index (χ0v) is 10.7. The summed E-state index contributed by atoms with van der Waals surface area (Å²) < 4.78 is 37.3. The van der Waals surface area contributed by atoms with Crippen molar-refractivity contribution in [1.29, 1.82) is 0 Å². The summed E-state index contributed by atoms with van der Waals surface area (Å²) >= 11 is 0. The highest BCUT2D eigenvalue weighted by atomic mass is 19.4. The molecule has 1 fully saturated rings. The van der Waals surface area contributed by atoms with Crippen molar-refractivity contribution in [2.45, 2.75) is 57.8 Å². The maximum absolute atomic E-state index is 12.4. The average molecular weight is 252 g/mol. The lowest BCUT2D eigenvalue weighted by Crippen LogP contribution is -2.43. The van der Waals surface area contributed by atoms with Crippen LogP contribution in [0.2, 0.25) is 0 Å². The Bertz CT molecular complexity index is 214. The molecule has 0 aliphatic heterocycles. The van der Waals surface area contributed by atoms with Gasteiger partial charge in [0.2, 0.25) is 0 Å². The lowest BCUT2D eigenvalue weighted by Gasteiger charge is -2.30. The van der Waals surface area contributed by atoms with Gasteiger partial charge in [0.05, 0.1) is 6.54 Å². The van der Waals surface area contributed by atoms with E-state index in [1.54, 1.807) is 4.90 Å². The molecule has 0 aromatic carbocycles. The van der Waals surface area contributed by atoms with Gasteiger partial charge in [0, 0.05) is 12.1 Å². The summed E-state index contributed by atoms with van der Waals surface area (Å²) in [5, 5.41) is 3.24. The van der Waals surface area contributed by atoms with E-state index in [2.05, 4.69) is 12.2 Å². The van der Waals surface area contributed by atoms with Gasteiger partial charge in [-0.3, -0.25) is 4.90 Å². The number of nitrogens with zero attached hydrogens (tertiary/aromatic N) is 1. The quantitative estimate of drug-likeness (QED) is 0.668. The number of alkyl halides is 3. The number of nitrogens with one attached hydrogen (secondary N) is 1. The van der Waals surface area contributed by atoms with E-state index in [1.807, 2.05) is 6.92 Å². The Labute approximate surface area is 102 Å². The van der Waals surface area contributed by atoms with E-state index in [0.717, 1.165) is 38.8 Å². The summed E-state index contributed by atoms with van der Waals surface area (Å²) in [6.45, 7) is 4.96. The van der Waals surface area contributed by atoms with E-state index in [1.165, 1.54) is 0 Å². The van der Waals surface area contributed by atoms with Gasteiger partial charge in [-0.1, -0.05) is 6.92 Å². The molecule has 1 aliphatic rings. The molecule has 0 aromatic rings. The third-order valence-electron chi connectivity index (χ3n) is 3.11. The average Bonchev–Trinajstić information content (AvgIpc) is 3.03. The Morgan fingerprint density at radius 3 is 2.41 bits per heavy atom. The fourth-order valence-corrected chi connectivity index (χ4v) is 2.04. The highest BCUT2D eigenvalue weighted by Gasteiger charge is 2.39. The molecule has 0 amide bonds. The molecule has 1 atom stereocenters. The maximum atomic E-state index is 12.4. The highest BCUT2D eigenvalue weighted by Crippen LogP contribution is 2.32. The Balaban J connectivity index is 2.30. The van der Waals surface area contributed by atoms with Gasteiger partial charge in [-0.2, -0.15) is 13.2 Å². The zero-order valence-electron chi connectivity index (χ0n) is 10.7. The molecule has 0 aromatic heterocycles. The molecule has 1 saturated carbocycles. The van der Waals surface area contributed by atoms with Crippen molar-refractivity contribution < 1.29 is 13.2 Å². The van der Waals surface area contributed by atoms with Crippen LogP contribution in [-0.4, -0.2) is 42.8 Å². The minimum atomic E-state index is -4.08. The number of hydrogen-bond donors (Lipinski definition) is 1. The molecule has 0 bridgehead atoms. The summed E-state index contributed by atoms with van der Waals surface area (Å²) in [7, 11) is 0. The summed E-state index contributed by atoms with van der Waals surface area (Å²) in [4.78, 5) is 1.62. The fraction of sp³-hybridized carbons (Fsp3) is 1.00. The zero-order chi connectivity index (χ0) is 12.9. The van der Waals surface area contributed by atoms with Crippen LogP contribution in [0.15, 0.2) is 0 Å². The van der Waals surface area contributed by atoms with Crippen molar-refractivity contribution in [3.63, 3.8) is 0 Å². The molecular formula is C12H23F3N2. The smallest absolute Gasteiger partial charge is 0.317 e. The lowest BCUT2D eigenvalue weighted by molar-refractivity contribution is -0.151. The van der Waals surface area contributed by atoms with E-state index < -0.39 is 12.7 Å². The largest absolute Gasteiger partial charge is 0.401 e. The minimum Gasteiger partial charge on any atom is -0.317 e. The van der Waals surface area contributed by atoms with E-state index in [-0.39, 0.29) is 12.1 Å². The maximum Gasteiger partial charge on any atom is 0.401 e. The SMILES string of the molecule is CCCNCCC(C)N(CC(F)(F)F)C1CC1. The van der Waals surface area contributed by atoms with Gasteiger partial charge >= 0.3 is 6.18 Å². The predicted molar refractivity (Wildman–Crippen MR) is 63.0 cm³/mol. The first-order valence-corrected chi connectivity index (χ1v) is 6.47. The molecule has 102 valence electrons. The van der Waals surface area contributed by atoms with Crippen LogP contribution in [0.5, 0.6) is 0 Å². The van der Waals surface area contributed by atoms with Crippen molar-refractivity contribution in [3.05, 3.63) is 0 Å². The van der Waals surface area contributed by atoms with Crippen LogP contribution >= 0.6 is 0 Å². The second kappa shape index (κ2) is 6.59. The van der Waals surface area contributed by atoms with E-state index >= 15 is 0 Å². The van der Waals surface area contributed by atoms with Crippen LogP contribution in [0, 0.1) is 0 Å². The molecule has 0 radical (unpaired) electrons. The molecule has 0 spiro atoms. The van der Waals surface area contributed by atoms with E-state index in [4.69, 9.17) is 0 Å². The first-order valence-electron chi connectivity index (χ1n) is 6.47. The van der Waals surface area contributed by atoms with Crippen molar-refractivity contribution in [1.82, 2.24) is 10.2 Å². The van der Waals surface area contributed by atoms with Crippen molar-refractivity contribution in [3.8, 4) is 0 Å². The molecule has 1 unspecified atom stereocenters.